The molecule has 3 nitrogen and oxygen atoms in total. The number of nitrogens with one attached hydrogen (secondary N) is 1. The highest BCUT2D eigenvalue weighted by atomic mass is 79.9. The number of halogens is 2. The Morgan fingerprint density at radius 2 is 2.00 bits per heavy atom. The Balaban J connectivity index is 2.97. The smallest absolute Gasteiger partial charge is 0.207 e. The predicted molar refractivity (Wildman–Crippen MR) is 67.4 cm³/mol. The lowest BCUT2D eigenvalue weighted by Gasteiger charge is -2.07. The number of benzene rings is 1. The van der Waals surface area contributed by atoms with Crippen molar-refractivity contribution in [2.75, 3.05) is 6.54 Å². The van der Waals surface area contributed by atoms with Crippen LogP contribution in [0, 0.1) is 0 Å². The van der Waals surface area contributed by atoms with Crippen molar-refractivity contribution in [1.82, 2.24) is 4.72 Å². The van der Waals surface area contributed by atoms with Crippen LogP contribution in [0.3, 0.4) is 0 Å². The van der Waals surface area contributed by atoms with Crippen LogP contribution < -0.4 is 4.72 Å². The summed E-state index contributed by atoms with van der Waals surface area (Å²) in [6, 6.07) is 6.63. The number of hydrogen-bond acceptors (Lipinski definition) is 2. The molecule has 0 saturated carbocycles. The van der Waals surface area contributed by atoms with Crippen molar-refractivity contribution in [2.24, 2.45) is 0 Å². The molecule has 0 atom stereocenters. The largest absolute Gasteiger partial charge is 0.242 e. The Hall–Kier alpha value is -0.170. The lowest BCUT2D eigenvalue weighted by atomic mass is 10.4. The first-order valence-corrected chi connectivity index (χ1v) is 7.08. The summed E-state index contributed by atoms with van der Waals surface area (Å²) >= 11 is 6.27. The monoisotopic (exact) mass is 353 g/mol. The van der Waals surface area contributed by atoms with Crippen molar-refractivity contribution in [3.63, 3.8) is 0 Å². The van der Waals surface area contributed by atoms with Gasteiger partial charge in [0, 0.05) is 15.5 Å². The van der Waals surface area contributed by atoms with E-state index >= 15 is 0 Å². The molecule has 0 aliphatic heterocycles. The minimum absolute atomic E-state index is 0.170. The summed E-state index contributed by atoms with van der Waals surface area (Å²) < 4.78 is 27.0. The second-order valence-electron chi connectivity index (χ2n) is 2.77. The van der Waals surface area contributed by atoms with E-state index in [1.807, 2.05) is 0 Å². The SMILES string of the molecule is C=C(Br)CNS(=O)(=O)c1ccccc1Br. The van der Waals surface area contributed by atoms with Crippen LogP contribution in [0.5, 0.6) is 0 Å². The van der Waals surface area contributed by atoms with Crippen LogP contribution in [0.2, 0.25) is 0 Å². The van der Waals surface area contributed by atoms with Crippen LogP contribution >= 0.6 is 31.9 Å². The molecule has 0 bridgehead atoms. The second kappa shape index (κ2) is 5.25. The van der Waals surface area contributed by atoms with Crippen molar-refractivity contribution in [2.45, 2.75) is 4.90 Å². The lowest BCUT2D eigenvalue weighted by molar-refractivity contribution is 0.585. The molecular formula is C9H9Br2NO2S. The first-order chi connectivity index (χ1) is 6.93. The summed E-state index contributed by atoms with van der Waals surface area (Å²) in [5, 5.41) is 0. The number of sulfonamides is 1. The van der Waals surface area contributed by atoms with Gasteiger partial charge in [0.25, 0.3) is 0 Å². The Bertz CT molecular complexity index is 471. The highest BCUT2D eigenvalue weighted by Gasteiger charge is 2.16. The minimum Gasteiger partial charge on any atom is -0.207 e. The molecule has 0 heterocycles. The first kappa shape index (κ1) is 12.9. The fraction of sp³-hybridized carbons (Fsp3) is 0.111. The van der Waals surface area contributed by atoms with Gasteiger partial charge in [-0.1, -0.05) is 34.6 Å². The molecule has 0 aromatic heterocycles. The normalized spacial score (nSPS) is 11.3. The molecule has 1 aromatic carbocycles. The van der Waals surface area contributed by atoms with Crippen molar-refractivity contribution in [1.29, 1.82) is 0 Å². The van der Waals surface area contributed by atoms with Gasteiger partial charge >= 0.3 is 0 Å². The van der Waals surface area contributed by atoms with Crippen molar-refractivity contribution >= 4 is 41.9 Å². The van der Waals surface area contributed by atoms with Crippen LogP contribution in [-0.4, -0.2) is 15.0 Å². The zero-order valence-corrected chi connectivity index (χ0v) is 11.7. The molecule has 15 heavy (non-hydrogen) atoms. The molecule has 1 rings (SSSR count). The fourth-order valence-electron chi connectivity index (χ4n) is 0.914. The summed E-state index contributed by atoms with van der Waals surface area (Å²) in [5.41, 5.74) is 0. The van der Waals surface area contributed by atoms with E-state index in [1.54, 1.807) is 18.2 Å². The van der Waals surface area contributed by atoms with Gasteiger partial charge in [0.15, 0.2) is 0 Å². The van der Waals surface area contributed by atoms with Gasteiger partial charge in [0.2, 0.25) is 10.0 Å². The van der Waals surface area contributed by atoms with E-state index in [1.165, 1.54) is 6.07 Å². The van der Waals surface area contributed by atoms with Crippen molar-refractivity contribution in [3.8, 4) is 0 Å². The van der Waals surface area contributed by atoms with Gasteiger partial charge in [-0.05, 0) is 28.1 Å². The predicted octanol–water partition coefficient (Wildman–Crippen LogP) is 2.64. The quantitative estimate of drug-likeness (QED) is 0.903. The van der Waals surface area contributed by atoms with Crippen LogP contribution in [0.25, 0.3) is 0 Å². The molecule has 6 heteroatoms. The average Bonchev–Trinajstić information content (AvgIpc) is 2.15. The highest BCUT2D eigenvalue weighted by Crippen LogP contribution is 2.20. The molecule has 0 saturated heterocycles. The number of hydrogen-bond donors (Lipinski definition) is 1. The third-order valence-corrected chi connectivity index (χ3v) is 4.27. The molecular weight excluding hydrogens is 346 g/mol. The molecule has 82 valence electrons. The molecule has 0 amide bonds. The van der Waals surface area contributed by atoms with Gasteiger partial charge in [-0.15, -0.1) is 0 Å². The standard InChI is InChI=1S/C9H9Br2NO2S/c1-7(10)6-12-15(13,14)9-5-3-2-4-8(9)11/h2-5,12H,1,6H2. The summed E-state index contributed by atoms with van der Waals surface area (Å²) in [6.07, 6.45) is 0. The van der Waals surface area contributed by atoms with Crippen LogP contribution in [-0.2, 0) is 10.0 Å². The van der Waals surface area contributed by atoms with E-state index in [4.69, 9.17) is 0 Å². The van der Waals surface area contributed by atoms with E-state index in [0.29, 0.717) is 8.96 Å². The van der Waals surface area contributed by atoms with Gasteiger partial charge in [-0.3, -0.25) is 0 Å². The third-order valence-electron chi connectivity index (χ3n) is 1.58. The zero-order chi connectivity index (χ0) is 11.5. The topological polar surface area (TPSA) is 46.2 Å². The maximum Gasteiger partial charge on any atom is 0.242 e. The molecule has 1 aromatic rings. The molecule has 0 spiro atoms. The van der Waals surface area contributed by atoms with Crippen molar-refractivity contribution < 1.29 is 8.42 Å². The molecule has 1 N–H and O–H groups in total. The Labute approximate surface area is 106 Å². The van der Waals surface area contributed by atoms with Crippen molar-refractivity contribution in [3.05, 3.63) is 39.8 Å². The Kier molecular flexibility index (Phi) is 4.51. The average molecular weight is 355 g/mol. The first-order valence-electron chi connectivity index (χ1n) is 4.01. The van der Waals surface area contributed by atoms with Gasteiger partial charge < -0.3 is 0 Å². The highest BCUT2D eigenvalue weighted by molar-refractivity contribution is 9.11. The minimum atomic E-state index is -3.47. The Morgan fingerprint density at radius 1 is 1.40 bits per heavy atom. The fourth-order valence-corrected chi connectivity index (χ4v) is 3.27. The van der Waals surface area contributed by atoms with Crippen LogP contribution in [0.15, 0.2) is 44.7 Å². The van der Waals surface area contributed by atoms with Crippen LogP contribution in [0.4, 0.5) is 0 Å². The molecule has 0 aliphatic carbocycles. The molecule has 0 unspecified atom stereocenters. The van der Waals surface area contributed by atoms with E-state index in [0.717, 1.165) is 0 Å². The van der Waals surface area contributed by atoms with E-state index in [2.05, 4.69) is 43.2 Å². The van der Waals surface area contributed by atoms with Gasteiger partial charge in [0.05, 0.1) is 4.90 Å². The lowest BCUT2D eigenvalue weighted by Crippen LogP contribution is -2.25. The van der Waals surface area contributed by atoms with Gasteiger partial charge in [-0.2, -0.15) is 0 Å². The summed E-state index contributed by atoms with van der Waals surface area (Å²) in [4.78, 5) is 0.221. The van der Waals surface area contributed by atoms with E-state index in [9.17, 15) is 8.42 Å². The van der Waals surface area contributed by atoms with Gasteiger partial charge in [0.1, 0.15) is 0 Å². The zero-order valence-electron chi connectivity index (χ0n) is 7.70. The third kappa shape index (κ3) is 3.71. The van der Waals surface area contributed by atoms with E-state index < -0.39 is 10.0 Å². The Morgan fingerprint density at radius 3 is 2.53 bits per heavy atom. The summed E-state index contributed by atoms with van der Waals surface area (Å²) in [6.45, 7) is 3.72. The van der Waals surface area contributed by atoms with Crippen LogP contribution in [0.1, 0.15) is 0 Å². The van der Waals surface area contributed by atoms with E-state index in [-0.39, 0.29) is 11.4 Å². The maximum absolute atomic E-state index is 11.8. The maximum atomic E-state index is 11.8. The number of rotatable bonds is 4. The molecule has 0 fully saturated rings. The summed E-state index contributed by atoms with van der Waals surface area (Å²) in [5.74, 6) is 0. The van der Waals surface area contributed by atoms with Gasteiger partial charge in [-0.25, -0.2) is 13.1 Å². The molecule has 0 aliphatic rings. The second-order valence-corrected chi connectivity index (χ2v) is 6.48. The molecule has 0 radical (unpaired) electrons. The summed E-state index contributed by atoms with van der Waals surface area (Å²) in [7, 11) is -3.47.